The highest BCUT2D eigenvalue weighted by molar-refractivity contribution is 7.13. The zero-order chi connectivity index (χ0) is 18.6. The summed E-state index contributed by atoms with van der Waals surface area (Å²) in [5, 5.41) is 11.9. The van der Waals surface area contributed by atoms with Crippen LogP contribution < -0.4 is 10.9 Å². The Labute approximate surface area is 158 Å². The van der Waals surface area contributed by atoms with Gasteiger partial charge in [0.05, 0.1) is 27.8 Å². The van der Waals surface area contributed by atoms with Crippen LogP contribution in [0.3, 0.4) is 0 Å². The minimum Gasteiger partial charge on any atom is -0.352 e. The Kier molecular flexibility index (Phi) is 4.80. The van der Waals surface area contributed by atoms with E-state index in [1.165, 1.54) is 0 Å². The van der Waals surface area contributed by atoms with Crippen molar-refractivity contribution in [2.75, 3.05) is 0 Å². The molecule has 3 N–H and O–H groups in total. The van der Waals surface area contributed by atoms with Gasteiger partial charge in [-0.2, -0.15) is 5.10 Å². The molecule has 136 valence electrons. The number of aromatic amines is 2. The van der Waals surface area contributed by atoms with Crippen molar-refractivity contribution in [1.29, 1.82) is 0 Å². The smallest absolute Gasteiger partial charge is 0.270 e. The minimum absolute atomic E-state index is 0.136. The first-order valence-electron chi connectivity index (χ1n) is 8.51. The number of nitrogens with one attached hydrogen (secondary N) is 3. The van der Waals surface area contributed by atoms with Gasteiger partial charge in [0.25, 0.3) is 5.56 Å². The lowest BCUT2D eigenvalue weighted by molar-refractivity contribution is -0.121. The molecule has 0 aliphatic heterocycles. The number of para-hydroxylation sites is 2. The third-order valence-electron chi connectivity index (χ3n) is 4.22. The summed E-state index contributed by atoms with van der Waals surface area (Å²) >= 11 is 1.61. The Balaban J connectivity index is 1.38. The van der Waals surface area contributed by atoms with Gasteiger partial charge in [-0.3, -0.25) is 14.7 Å². The Morgan fingerprint density at radius 1 is 1.19 bits per heavy atom. The van der Waals surface area contributed by atoms with Gasteiger partial charge in [-0.05, 0) is 23.6 Å². The number of rotatable bonds is 6. The fraction of sp³-hybridized carbons (Fsp3) is 0.158. The first-order chi connectivity index (χ1) is 13.2. The van der Waals surface area contributed by atoms with Crippen LogP contribution in [0.2, 0.25) is 0 Å². The van der Waals surface area contributed by atoms with Gasteiger partial charge in [0.1, 0.15) is 5.69 Å². The molecule has 0 atom stereocenters. The van der Waals surface area contributed by atoms with E-state index in [0.717, 1.165) is 16.1 Å². The number of nitrogens with zero attached hydrogens (tertiary/aromatic N) is 2. The second kappa shape index (κ2) is 7.55. The predicted molar refractivity (Wildman–Crippen MR) is 104 cm³/mol. The van der Waals surface area contributed by atoms with Crippen LogP contribution in [0.25, 0.3) is 21.6 Å². The number of hydrogen-bond acceptors (Lipinski definition) is 5. The van der Waals surface area contributed by atoms with E-state index in [4.69, 9.17) is 0 Å². The minimum atomic E-state index is -0.253. The van der Waals surface area contributed by atoms with Crippen molar-refractivity contribution in [3.05, 3.63) is 69.6 Å². The van der Waals surface area contributed by atoms with Crippen molar-refractivity contribution in [3.63, 3.8) is 0 Å². The van der Waals surface area contributed by atoms with Crippen molar-refractivity contribution in [2.45, 2.75) is 19.4 Å². The molecule has 27 heavy (non-hydrogen) atoms. The Morgan fingerprint density at radius 2 is 2.07 bits per heavy atom. The highest BCUT2D eigenvalue weighted by Gasteiger charge is 2.11. The van der Waals surface area contributed by atoms with Gasteiger partial charge in [-0.15, -0.1) is 11.3 Å². The molecule has 0 fully saturated rings. The number of carbonyl (C=O) groups excluding carboxylic acids is 1. The summed E-state index contributed by atoms with van der Waals surface area (Å²) in [6, 6.07) is 11.3. The van der Waals surface area contributed by atoms with Crippen LogP contribution in [-0.4, -0.2) is 26.1 Å². The van der Waals surface area contributed by atoms with E-state index >= 15 is 0 Å². The molecule has 0 saturated carbocycles. The molecule has 4 aromatic rings. The molecule has 7 nitrogen and oxygen atoms in total. The molecule has 0 spiro atoms. The largest absolute Gasteiger partial charge is 0.352 e. The first kappa shape index (κ1) is 17.2. The average molecular weight is 379 g/mol. The van der Waals surface area contributed by atoms with Gasteiger partial charge < -0.3 is 10.3 Å². The summed E-state index contributed by atoms with van der Waals surface area (Å²) in [4.78, 5) is 32.5. The lowest BCUT2D eigenvalue weighted by Gasteiger charge is -2.06. The molecule has 0 bridgehead atoms. The van der Waals surface area contributed by atoms with Gasteiger partial charge in [-0.25, -0.2) is 4.98 Å². The average Bonchev–Trinajstić information content (AvgIpc) is 3.35. The van der Waals surface area contributed by atoms with E-state index in [-0.39, 0.29) is 24.3 Å². The third kappa shape index (κ3) is 3.80. The number of benzene rings is 1. The summed E-state index contributed by atoms with van der Waals surface area (Å²) in [5.41, 5.74) is 3.36. The fourth-order valence-electron chi connectivity index (χ4n) is 2.83. The summed E-state index contributed by atoms with van der Waals surface area (Å²) in [7, 11) is 0. The molecule has 0 unspecified atom stereocenters. The Morgan fingerprint density at radius 3 is 2.93 bits per heavy atom. The van der Waals surface area contributed by atoms with Crippen LogP contribution in [-0.2, 0) is 17.8 Å². The van der Waals surface area contributed by atoms with Crippen molar-refractivity contribution in [2.24, 2.45) is 0 Å². The van der Waals surface area contributed by atoms with E-state index in [1.807, 2.05) is 35.7 Å². The SMILES string of the molecule is O=C(CCc1nc2ccccc2[nH]c1=O)NCc1cn[nH]c1-c1cccs1. The zero-order valence-corrected chi connectivity index (χ0v) is 15.2. The molecule has 0 radical (unpaired) electrons. The number of aryl methyl sites for hydroxylation is 1. The molecular weight excluding hydrogens is 362 g/mol. The highest BCUT2D eigenvalue weighted by atomic mass is 32.1. The van der Waals surface area contributed by atoms with Gasteiger partial charge >= 0.3 is 0 Å². The van der Waals surface area contributed by atoms with Crippen LogP contribution in [0, 0.1) is 0 Å². The van der Waals surface area contributed by atoms with Crippen molar-refractivity contribution >= 4 is 28.3 Å². The van der Waals surface area contributed by atoms with Crippen molar-refractivity contribution in [1.82, 2.24) is 25.5 Å². The molecule has 0 aliphatic rings. The van der Waals surface area contributed by atoms with Crippen LogP contribution in [0.4, 0.5) is 0 Å². The second-order valence-electron chi connectivity index (χ2n) is 6.05. The zero-order valence-electron chi connectivity index (χ0n) is 14.4. The quantitative estimate of drug-likeness (QED) is 0.479. The van der Waals surface area contributed by atoms with E-state index < -0.39 is 0 Å². The Hall–Kier alpha value is -3.26. The summed E-state index contributed by atoms with van der Waals surface area (Å²) < 4.78 is 0. The molecule has 4 rings (SSSR count). The third-order valence-corrected chi connectivity index (χ3v) is 5.11. The van der Waals surface area contributed by atoms with Crippen molar-refractivity contribution in [3.8, 4) is 10.6 Å². The summed E-state index contributed by atoms with van der Waals surface area (Å²) in [6.45, 7) is 0.379. The van der Waals surface area contributed by atoms with Crippen LogP contribution >= 0.6 is 11.3 Å². The molecule has 1 amide bonds. The highest BCUT2D eigenvalue weighted by Crippen LogP contribution is 2.25. The van der Waals surface area contributed by atoms with E-state index in [1.54, 1.807) is 23.6 Å². The van der Waals surface area contributed by atoms with E-state index in [9.17, 15) is 9.59 Å². The predicted octanol–water partition coefficient (Wildman–Crippen LogP) is 2.62. The topological polar surface area (TPSA) is 104 Å². The number of thiophene rings is 1. The molecule has 3 aromatic heterocycles. The van der Waals surface area contributed by atoms with Gasteiger partial charge in [0.2, 0.25) is 5.91 Å². The maximum absolute atomic E-state index is 12.2. The second-order valence-corrected chi connectivity index (χ2v) is 7.00. The molecule has 1 aromatic carbocycles. The van der Waals surface area contributed by atoms with Crippen LogP contribution in [0.5, 0.6) is 0 Å². The molecule has 0 aliphatic carbocycles. The number of H-pyrrole nitrogens is 2. The summed E-state index contributed by atoms with van der Waals surface area (Å²) in [6.07, 6.45) is 2.20. The lowest BCUT2D eigenvalue weighted by atomic mass is 10.2. The molecule has 8 heteroatoms. The van der Waals surface area contributed by atoms with Gasteiger partial charge in [0, 0.05) is 24.9 Å². The number of carbonyl (C=O) groups is 1. The normalized spacial score (nSPS) is 11.0. The standard InChI is InChI=1S/C19H17N5O2S/c25-17(20-10-12-11-21-24-18(12)16-6-3-9-27-16)8-7-15-19(26)23-14-5-2-1-4-13(14)22-15/h1-6,9,11H,7-8,10H2,(H,20,25)(H,21,24)(H,23,26). The maximum atomic E-state index is 12.2. The number of amides is 1. The number of hydrogen-bond donors (Lipinski definition) is 3. The number of fused-ring (bicyclic) bond motifs is 1. The van der Waals surface area contributed by atoms with Gasteiger partial charge in [-0.1, -0.05) is 18.2 Å². The Bertz CT molecular complexity index is 1130. The lowest BCUT2D eigenvalue weighted by Crippen LogP contribution is -2.24. The monoisotopic (exact) mass is 379 g/mol. The first-order valence-corrected chi connectivity index (χ1v) is 9.39. The fourth-order valence-corrected chi connectivity index (χ4v) is 3.59. The molecule has 0 saturated heterocycles. The van der Waals surface area contributed by atoms with Crippen LogP contribution in [0.1, 0.15) is 17.7 Å². The molecular formula is C19H17N5O2S. The van der Waals surface area contributed by atoms with Crippen molar-refractivity contribution < 1.29 is 4.79 Å². The summed E-state index contributed by atoms with van der Waals surface area (Å²) in [5.74, 6) is -0.136. The molecule has 3 heterocycles. The van der Waals surface area contributed by atoms with Gasteiger partial charge in [0.15, 0.2) is 0 Å². The number of aromatic nitrogens is 4. The van der Waals surface area contributed by atoms with Crippen LogP contribution in [0.15, 0.2) is 52.8 Å². The maximum Gasteiger partial charge on any atom is 0.270 e. The van der Waals surface area contributed by atoms with E-state index in [0.29, 0.717) is 23.3 Å². The van der Waals surface area contributed by atoms with E-state index in [2.05, 4.69) is 25.5 Å².